The third-order valence-electron chi connectivity index (χ3n) is 4.48. The van der Waals surface area contributed by atoms with Crippen molar-refractivity contribution in [2.45, 2.75) is 23.9 Å². The predicted octanol–water partition coefficient (Wildman–Crippen LogP) is 4.47. The number of nitrogens with zero attached hydrogens (tertiary/aromatic N) is 4. The molecule has 5 nitrogen and oxygen atoms in total. The summed E-state index contributed by atoms with van der Waals surface area (Å²) in [6.07, 6.45) is 0. The second kappa shape index (κ2) is 8.70. The number of thioether (sulfide) groups is 1. The lowest BCUT2D eigenvalue weighted by molar-refractivity contribution is 0.305. The van der Waals surface area contributed by atoms with E-state index >= 15 is 0 Å². The summed E-state index contributed by atoms with van der Waals surface area (Å²) in [5.74, 6) is 0.770. The molecule has 0 bridgehead atoms. The molecule has 8 heteroatoms. The topological polar surface area (TPSA) is 43.2 Å². The van der Waals surface area contributed by atoms with Crippen LogP contribution >= 0.6 is 11.8 Å². The lowest BCUT2D eigenvalue weighted by atomic mass is 10.2. The molecule has 0 spiro atoms. The Morgan fingerprint density at radius 2 is 1.82 bits per heavy atom. The fraction of sp³-hybridized carbons (Fsp3) is 0.300. The standard InChI is InChI=1S/C20H22F2N4OS/c1-13(25(2)3)19-23-24-20(26(19)16-8-6-15(21)7-9-16)28-12-14-5-10-18(27-4)17(22)11-14/h5-11,13H,12H2,1-4H3. The summed E-state index contributed by atoms with van der Waals surface area (Å²) < 4.78 is 34.2. The zero-order valence-electron chi connectivity index (χ0n) is 16.2. The smallest absolute Gasteiger partial charge is 0.196 e. The molecule has 0 fully saturated rings. The Kier molecular flexibility index (Phi) is 6.31. The minimum Gasteiger partial charge on any atom is -0.494 e. The highest BCUT2D eigenvalue weighted by atomic mass is 32.2. The summed E-state index contributed by atoms with van der Waals surface area (Å²) in [7, 11) is 5.36. The van der Waals surface area contributed by atoms with E-state index in [4.69, 9.17) is 4.74 Å². The number of aromatic nitrogens is 3. The Labute approximate surface area is 167 Å². The first-order chi connectivity index (χ1) is 13.4. The number of halogens is 2. The number of methoxy groups -OCH3 is 1. The lowest BCUT2D eigenvalue weighted by Crippen LogP contribution is -2.20. The molecule has 2 aromatic carbocycles. The van der Waals surface area contributed by atoms with Gasteiger partial charge in [-0.1, -0.05) is 17.8 Å². The molecule has 0 aliphatic carbocycles. The molecule has 0 aliphatic heterocycles. The van der Waals surface area contributed by atoms with Crippen LogP contribution in [0.3, 0.4) is 0 Å². The van der Waals surface area contributed by atoms with Gasteiger partial charge in [-0.25, -0.2) is 8.78 Å². The van der Waals surface area contributed by atoms with Crippen LogP contribution in [-0.4, -0.2) is 40.9 Å². The maximum atomic E-state index is 13.9. The van der Waals surface area contributed by atoms with Gasteiger partial charge in [0.05, 0.1) is 13.2 Å². The third kappa shape index (κ3) is 4.34. The fourth-order valence-corrected chi connectivity index (χ4v) is 3.56. The first-order valence-corrected chi connectivity index (χ1v) is 9.72. The number of benzene rings is 2. The Morgan fingerprint density at radius 1 is 1.11 bits per heavy atom. The van der Waals surface area contributed by atoms with Gasteiger partial charge < -0.3 is 4.74 Å². The van der Waals surface area contributed by atoms with Crippen molar-refractivity contribution in [2.75, 3.05) is 21.2 Å². The summed E-state index contributed by atoms with van der Waals surface area (Å²) in [5.41, 5.74) is 1.58. The number of hydrogen-bond acceptors (Lipinski definition) is 5. The fourth-order valence-electron chi connectivity index (χ4n) is 2.66. The van der Waals surface area contributed by atoms with Crippen LogP contribution in [0.15, 0.2) is 47.6 Å². The van der Waals surface area contributed by atoms with Gasteiger partial charge in [-0.05, 0) is 63.0 Å². The predicted molar refractivity (Wildman–Crippen MR) is 106 cm³/mol. The Bertz CT molecular complexity index is 944. The van der Waals surface area contributed by atoms with E-state index in [1.54, 1.807) is 18.2 Å². The van der Waals surface area contributed by atoms with Gasteiger partial charge in [0.25, 0.3) is 0 Å². The van der Waals surface area contributed by atoms with E-state index in [0.29, 0.717) is 10.9 Å². The molecule has 3 rings (SSSR count). The van der Waals surface area contributed by atoms with Gasteiger partial charge in [-0.15, -0.1) is 10.2 Å². The molecule has 1 atom stereocenters. The average Bonchev–Trinajstić information content (AvgIpc) is 3.10. The van der Waals surface area contributed by atoms with Crippen molar-refractivity contribution < 1.29 is 13.5 Å². The van der Waals surface area contributed by atoms with Crippen LogP contribution in [0.25, 0.3) is 5.69 Å². The van der Waals surface area contributed by atoms with E-state index in [0.717, 1.165) is 17.1 Å². The normalized spacial score (nSPS) is 12.4. The summed E-state index contributed by atoms with van der Waals surface area (Å²) in [5, 5.41) is 9.34. The number of rotatable bonds is 7. The first-order valence-electron chi connectivity index (χ1n) is 8.73. The maximum Gasteiger partial charge on any atom is 0.196 e. The lowest BCUT2D eigenvalue weighted by Gasteiger charge is -2.20. The second-order valence-corrected chi connectivity index (χ2v) is 7.49. The van der Waals surface area contributed by atoms with Gasteiger partial charge in [-0.3, -0.25) is 9.47 Å². The monoisotopic (exact) mass is 404 g/mol. The summed E-state index contributed by atoms with van der Waals surface area (Å²) in [6.45, 7) is 2.03. The molecule has 0 saturated heterocycles. The van der Waals surface area contributed by atoms with Crippen molar-refractivity contribution in [3.05, 3.63) is 65.5 Å². The minimum absolute atomic E-state index is 0.00494. The van der Waals surface area contributed by atoms with Gasteiger partial charge in [0, 0.05) is 11.4 Å². The molecule has 0 amide bonds. The first kappa shape index (κ1) is 20.3. The van der Waals surface area contributed by atoms with Gasteiger partial charge in [0.15, 0.2) is 22.5 Å². The van der Waals surface area contributed by atoms with Gasteiger partial charge >= 0.3 is 0 Å². The van der Waals surface area contributed by atoms with Crippen molar-refractivity contribution in [3.63, 3.8) is 0 Å². The highest BCUT2D eigenvalue weighted by Gasteiger charge is 2.21. The highest BCUT2D eigenvalue weighted by molar-refractivity contribution is 7.98. The molecule has 3 aromatic rings. The zero-order valence-corrected chi connectivity index (χ0v) is 17.0. The van der Waals surface area contributed by atoms with Crippen molar-refractivity contribution >= 4 is 11.8 Å². The Hall–Kier alpha value is -2.45. The summed E-state index contributed by atoms with van der Waals surface area (Å²) >= 11 is 1.44. The molecule has 0 aliphatic rings. The Morgan fingerprint density at radius 3 is 2.43 bits per heavy atom. The van der Waals surface area contributed by atoms with E-state index in [-0.39, 0.29) is 17.6 Å². The molecule has 1 aromatic heterocycles. The molecule has 1 heterocycles. The summed E-state index contributed by atoms with van der Waals surface area (Å²) in [6, 6.07) is 11.1. The zero-order chi connectivity index (χ0) is 20.3. The largest absolute Gasteiger partial charge is 0.494 e. The number of hydrogen-bond donors (Lipinski definition) is 0. The van der Waals surface area contributed by atoms with Crippen molar-refractivity contribution in [3.8, 4) is 11.4 Å². The molecule has 148 valence electrons. The molecular weight excluding hydrogens is 382 g/mol. The van der Waals surface area contributed by atoms with Crippen LogP contribution in [0.4, 0.5) is 8.78 Å². The van der Waals surface area contributed by atoms with Crippen LogP contribution in [-0.2, 0) is 5.75 Å². The molecule has 0 N–H and O–H groups in total. The maximum absolute atomic E-state index is 13.9. The van der Waals surface area contributed by atoms with Crippen molar-refractivity contribution in [1.82, 2.24) is 19.7 Å². The molecule has 0 radical (unpaired) electrons. The SMILES string of the molecule is COc1ccc(CSc2nnc(C(C)N(C)C)n2-c2ccc(F)cc2)cc1F. The Balaban J connectivity index is 1.92. The van der Waals surface area contributed by atoms with Crippen LogP contribution in [0, 0.1) is 11.6 Å². The summed E-state index contributed by atoms with van der Waals surface area (Å²) in [4.78, 5) is 2.03. The third-order valence-corrected chi connectivity index (χ3v) is 5.48. The molecule has 1 unspecified atom stereocenters. The van der Waals surface area contributed by atoms with Gasteiger partial charge in [0.2, 0.25) is 0 Å². The molecule has 28 heavy (non-hydrogen) atoms. The van der Waals surface area contributed by atoms with Crippen LogP contribution in [0.5, 0.6) is 5.75 Å². The van der Waals surface area contributed by atoms with Crippen LogP contribution < -0.4 is 4.74 Å². The van der Waals surface area contributed by atoms with Crippen LogP contribution in [0.2, 0.25) is 0 Å². The number of ether oxygens (including phenoxy) is 1. The average molecular weight is 404 g/mol. The minimum atomic E-state index is -0.400. The van der Waals surface area contributed by atoms with E-state index in [2.05, 4.69) is 10.2 Å². The van der Waals surface area contributed by atoms with Crippen molar-refractivity contribution in [1.29, 1.82) is 0 Å². The molecular formula is C20H22F2N4OS. The molecule has 0 saturated carbocycles. The van der Waals surface area contributed by atoms with E-state index in [1.807, 2.05) is 36.6 Å². The highest BCUT2D eigenvalue weighted by Crippen LogP contribution is 2.29. The van der Waals surface area contributed by atoms with Gasteiger partial charge in [-0.2, -0.15) is 0 Å². The second-order valence-electron chi connectivity index (χ2n) is 6.55. The van der Waals surface area contributed by atoms with E-state index in [1.165, 1.54) is 37.1 Å². The van der Waals surface area contributed by atoms with E-state index < -0.39 is 5.82 Å². The van der Waals surface area contributed by atoms with Crippen LogP contribution in [0.1, 0.15) is 24.4 Å². The van der Waals surface area contributed by atoms with Gasteiger partial charge in [0.1, 0.15) is 5.82 Å². The quantitative estimate of drug-likeness (QED) is 0.544. The van der Waals surface area contributed by atoms with E-state index in [9.17, 15) is 8.78 Å². The van der Waals surface area contributed by atoms with Crippen molar-refractivity contribution in [2.24, 2.45) is 0 Å².